The van der Waals surface area contributed by atoms with Crippen molar-refractivity contribution < 1.29 is 14.1 Å². The molecular weight excluding hydrogens is 225 g/mol. The van der Waals surface area contributed by atoms with Crippen molar-refractivity contribution in [3.63, 3.8) is 0 Å². The molecule has 0 bridgehead atoms. The van der Waals surface area contributed by atoms with Gasteiger partial charge in [-0.2, -0.15) is 4.39 Å². The predicted molar refractivity (Wildman–Crippen MR) is 52.2 cm³/mol. The fraction of sp³-hybridized carbons (Fsp3) is 0.222. The Labute approximate surface area is 89.8 Å². The SMILES string of the molecule is O=C(Cl)CCc1ccc([N+](=O)[O-])c(F)c1. The van der Waals surface area contributed by atoms with E-state index in [2.05, 4.69) is 0 Å². The van der Waals surface area contributed by atoms with Crippen molar-refractivity contribution in [2.45, 2.75) is 12.8 Å². The van der Waals surface area contributed by atoms with E-state index in [0.29, 0.717) is 5.56 Å². The minimum Gasteiger partial charge on any atom is -0.281 e. The van der Waals surface area contributed by atoms with Crippen LogP contribution in [-0.4, -0.2) is 10.2 Å². The fourth-order valence-electron chi connectivity index (χ4n) is 1.10. The van der Waals surface area contributed by atoms with Crippen LogP contribution in [0.1, 0.15) is 12.0 Å². The molecule has 0 spiro atoms. The van der Waals surface area contributed by atoms with Crippen molar-refractivity contribution in [3.05, 3.63) is 39.7 Å². The largest absolute Gasteiger partial charge is 0.304 e. The average molecular weight is 232 g/mol. The van der Waals surface area contributed by atoms with Gasteiger partial charge in [-0.05, 0) is 29.7 Å². The maximum Gasteiger partial charge on any atom is 0.304 e. The van der Waals surface area contributed by atoms with E-state index >= 15 is 0 Å². The Kier molecular flexibility index (Phi) is 3.74. The average Bonchev–Trinajstić information content (AvgIpc) is 2.14. The van der Waals surface area contributed by atoms with Crippen LogP contribution in [0.4, 0.5) is 10.1 Å². The van der Waals surface area contributed by atoms with Gasteiger partial charge in [0.25, 0.3) is 0 Å². The van der Waals surface area contributed by atoms with Crippen molar-refractivity contribution in [3.8, 4) is 0 Å². The molecule has 0 N–H and O–H groups in total. The first-order valence-corrected chi connectivity index (χ1v) is 4.49. The van der Waals surface area contributed by atoms with Gasteiger partial charge < -0.3 is 0 Å². The van der Waals surface area contributed by atoms with Crippen LogP contribution < -0.4 is 0 Å². The lowest BCUT2D eigenvalue weighted by molar-refractivity contribution is -0.387. The zero-order valence-electron chi connectivity index (χ0n) is 7.57. The number of nitrogens with zero attached hydrogens (tertiary/aromatic N) is 1. The molecule has 0 saturated carbocycles. The number of hydrogen-bond acceptors (Lipinski definition) is 3. The molecule has 0 amide bonds. The van der Waals surface area contributed by atoms with Crippen LogP contribution >= 0.6 is 11.6 Å². The molecule has 80 valence electrons. The number of aryl methyl sites for hydroxylation is 1. The van der Waals surface area contributed by atoms with E-state index in [4.69, 9.17) is 11.6 Å². The van der Waals surface area contributed by atoms with Gasteiger partial charge >= 0.3 is 5.69 Å². The number of nitro groups is 1. The third kappa shape index (κ3) is 3.28. The quantitative estimate of drug-likeness (QED) is 0.454. The summed E-state index contributed by atoms with van der Waals surface area (Å²) in [5.41, 5.74) is -0.0666. The van der Waals surface area contributed by atoms with Crippen molar-refractivity contribution in [1.82, 2.24) is 0 Å². The highest BCUT2D eigenvalue weighted by atomic mass is 35.5. The third-order valence-electron chi connectivity index (χ3n) is 1.82. The van der Waals surface area contributed by atoms with Crippen LogP contribution in [0.5, 0.6) is 0 Å². The Bertz CT molecular complexity index is 408. The van der Waals surface area contributed by atoms with Gasteiger partial charge in [0.05, 0.1) is 4.92 Å². The molecule has 4 nitrogen and oxygen atoms in total. The molecule has 1 rings (SSSR count). The highest BCUT2D eigenvalue weighted by Crippen LogP contribution is 2.18. The number of hydrogen-bond donors (Lipinski definition) is 0. The van der Waals surface area contributed by atoms with E-state index in [-0.39, 0.29) is 12.8 Å². The second-order valence-corrected chi connectivity index (χ2v) is 3.32. The summed E-state index contributed by atoms with van der Waals surface area (Å²) in [6.45, 7) is 0. The minimum atomic E-state index is -0.903. The summed E-state index contributed by atoms with van der Waals surface area (Å²) >= 11 is 5.11. The van der Waals surface area contributed by atoms with Crippen LogP contribution in [0.25, 0.3) is 0 Å². The van der Waals surface area contributed by atoms with Gasteiger partial charge in [0.1, 0.15) is 0 Å². The fourth-order valence-corrected chi connectivity index (χ4v) is 1.19. The van der Waals surface area contributed by atoms with Gasteiger partial charge in [0.15, 0.2) is 0 Å². The lowest BCUT2D eigenvalue weighted by Crippen LogP contribution is -1.96. The standard InChI is InChI=1S/C9H7ClFNO3/c10-9(13)4-2-6-1-3-8(12(14)15)7(11)5-6/h1,3,5H,2,4H2. The first kappa shape index (κ1) is 11.6. The Hall–Kier alpha value is -1.49. The zero-order chi connectivity index (χ0) is 11.4. The van der Waals surface area contributed by atoms with Crippen LogP contribution in [0.15, 0.2) is 18.2 Å². The summed E-state index contributed by atoms with van der Waals surface area (Å²) in [6.07, 6.45) is 0.357. The van der Waals surface area contributed by atoms with E-state index in [1.165, 1.54) is 6.07 Å². The molecule has 1 aromatic rings. The topological polar surface area (TPSA) is 60.2 Å². The molecule has 0 aromatic heterocycles. The maximum atomic E-state index is 13.1. The Morgan fingerprint density at radius 3 is 2.67 bits per heavy atom. The Balaban J connectivity index is 2.82. The Morgan fingerprint density at radius 1 is 1.53 bits per heavy atom. The molecule has 0 aliphatic carbocycles. The van der Waals surface area contributed by atoms with Crippen molar-refractivity contribution in [2.24, 2.45) is 0 Å². The number of benzene rings is 1. The van der Waals surface area contributed by atoms with Crippen LogP contribution in [-0.2, 0) is 11.2 Å². The summed E-state index contributed by atoms with van der Waals surface area (Å²) in [7, 11) is 0. The molecule has 0 aliphatic rings. The minimum absolute atomic E-state index is 0.0821. The van der Waals surface area contributed by atoms with Gasteiger partial charge in [-0.3, -0.25) is 14.9 Å². The van der Waals surface area contributed by atoms with Crippen LogP contribution in [0, 0.1) is 15.9 Å². The second-order valence-electron chi connectivity index (χ2n) is 2.90. The van der Waals surface area contributed by atoms with E-state index in [1.807, 2.05) is 0 Å². The summed E-state index contributed by atoms with van der Waals surface area (Å²) in [4.78, 5) is 19.9. The summed E-state index contributed by atoms with van der Waals surface area (Å²) < 4.78 is 13.1. The highest BCUT2D eigenvalue weighted by molar-refractivity contribution is 6.63. The van der Waals surface area contributed by atoms with Crippen molar-refractivity contribution in [2.75, 3.05) is 0 Å². The molecule has 1 aromatic carbocycles. The second kappa shape index (κ2) is 4.84. The molecule has 0 fully saturated rings. The van der Waals surface area contributed by atoms with Gasteiger partial charge in [-0.25, -0.2) is 0 Å². The van der Waals surface area contributed by atoms with E-state index in [0.717, 1.165) is 12.1 Å². The number of carbonyl (C=O) groups excluding carboxylic acids is 1. The summed E-state index contributed by atoms with van der Waals surface area (Å²) in [6, 6.07) is 3.52. The monoisotopic (exact) mass is 231 g/mol. The van der Waals surface area contributed by atoms with E-state index in [9.17, 15) is 19.3 Å². The number of carbonyl (C=O) groups is 1. The maximum absolute atomic E-state index is 13.1. The zero-order valence-corrected chi connectivity index (χ0v) is 8.33. The summed E-state index contributed by atoms with van der Waals surface area (Å²) in [5.74, 6) is -0.903. The van der Waals surface area contributed by atoms with E-state index < -0.39 is 21.7 Å². The van der Waals surface area contributed by atoms with Crippen molar-refractivity contribution in [1.29, 1.82) is 0 Å². The molecule has 15 heavy (non-hydrogen) atoms. The van der Waals surface area contributed by atoms with Crippen LogP contribution in [0.2, 0.25) is 0 Å². The highest BCUT2D eigenvalue weighted by Gasteiger charge is 2.13. The molecule has 6 heteroatoms. The third-order valence-corrected chi connectivity index (χ3v) is 2.01. The first-order valence-electron chi connectivity index (χ1n) is 4.12. The Morgan fingerprint density at radius 2 is 2.20 bits per heavy atom. The number of halogens is 2. The molecule has 0 heterocycles. The van der Waals surface area contributed by atoms with Gasteiger partial charge in [0, 0.05) is 12.5 Å². The molecular formula is C9H7ClFNO3. The first-order chi connectivity index (χ1) is 7.00. The molecule has 0 radical (unpaired) electrons. The van der Waals surface area contributed by atoms with Gasteiger partial charge in [-0.15, -0.1) is 0 Å². The van der Waals surface area contributed by atoms with Gasteiger partial charge in [-0.1, -0.05) is 6.07 Å². The predicted octanol–water partition coefficient (Wildman–Crippen LogP) is 2.43. The lowest BCUT2D eigenvalue weighted by atomic mass is 10.1. The van der Waals surface area contributed by atoms with E-state index in [1.54, 1.807) is 0 Å². The molecule has 0 unspecified atom stereocenters. The molecule has 0 saturated heterocycles. The van der Waals surface area contributed by atoms with Crippen molar-refractivity contribution >= 4 is 22.5 Å². The molecule has 0 aliphatic heterocycles. The lowest BCUT2D eigenvalue weighted by Gasteiger charge is -1.99. The van der Waals surface area contributed by atoms with Gasteiger partial charge in [0.2, 0.25) is 11.1 Å². The molecule has 0 atom stereocenters. The summed E-state index contributed by atoms with van der Waals surface area (Å²) in [5, 5.41) is 9.77. The van der Waals surface area contributed by atoms with Crippen LogP contribution in [0.3, 0.4) is 0 Å². The smallest absolute Gasteiger partial charge is 0.281 e. The normalized spacial score (nSPS) is 10.0. The number of rotatable bonds is 4. The number of nitro benzene ring substituents is 1.